The smallest absolute Gasteiger partial charge is 0.303 e. The Labute approximate surface area is 212 Å². The van der Waals surface area contributed by atoms with Crippen molar-refractivity contribution in [1.82, 2.24) is 0 Å². The van der Waals surface area contributed by atoms with Crippen LogP contribution < -0.4 is 0 Å². The van der Waals surface area contributed by atoms with Gasteiger partial charge in [0.2, 0.25) is 0 Å². The Morgan fingerprint density at radius 3 is 2.37 bits per heavy atom. The minimum absolute atomic E-state index is 0.00101. The van der Waals surface area contributed by atoms with Crippen LogP contribution in [0.5, 0.6) is 0 Å². The molecule has 5 nitrogen and oxygen atoms in total. The number of hydrogen-bond donors (Lipinski definition) is 4. The molecular weight excluding hydrogens is 440 g/mol. The van der Waals surface area contributed by atoms with Crippen LogP contribution in [0.15, 0.2) is 12.2 Å². The molecule has 0 heterocycles. The van der Waals surface area contributed by atoms with Gasteiger partial charge in [0.1, 0.15) is 0 Å². The summed E-state index contributed by atoms with van der Waals surface area (Å²) in [5.41, 5.74) is 0.520. The standard InChI is InChI=1S/C30H50O5/c1-19(7-10-24(32)26(3,4)35)21-11-13-28(6)23-9-8-22(20(2)17-31)29(14-12-25(33)34)18-30(23,29)16-15-27(21,28)5/h19,21-24,31-32,35H,2,7-18H2,1,3-6H3,(H,33,34)/t19?,21?,22?,23?,24?,27-,28+,29-,30+/m1/s1. The van der Waals surface area contributed by atoms with Crippen LogP contribution in [-0.2, 0) is 4.79 Å². The Balaban J connectivity index is 1.57. The van der Waals surface area contributed by atoms with E-state index in [4.69, 9.17) is 0 Å². The van der Waals surface area contributed by atoms with Crippen molar-refractivity contribution in [1.29, 1.82) is 0 Å². The molecule has 0 radical (unpaired) electrons. The molecule has 0 aromatic rings. The first-order valence-corrected chi connectivity index (χ1v) is 14.1. The molecule has 4 aliphatic rings. The molecule has 0 aromatic carbocycles. The lowest BCUT2D eigenvalue weighted by Crippen LogP contribution is -2.54. The zero-order chi connectivity index (χ0) is 26.0. The van der Waals surface area contributed by atoms with Gasteiger partial charge in [-0.15, -0.1) is 0 Å². The Hall–Kier alpha value is -0.910. The van der Waals surface area contributed by atoms with Crippen LogP contribution in [0.3, 0.4) is 0 Å². The maximum Gasteiger partial charge on any atom is 0.303 e. The van der Waals surface area contributed by atoms with Gasteiger partial charge in [0.05, 0.1) is 18.3 Å². The van der Waals surface area contributed by atoms with E-state index in [0.717, 1.165) is 37.7 Å². The van der Waals surface area contributed by atoms with Gasteiger partial charge in [-0.2, -0.15) is 0 Å². The quantitative estimate of drug-likeness (QED) is 0.300. The topological polar surface area (TPSA) is 98.0 Å². The van der Waals surface area contributed by atoms with Crippen LogP contribution in [0.1, 0.15) is 105 Å². The molecule has 0 aliphatic heterocycles. The number of aliphatic hydroxyl groups excluding tert-OH is 2. The Morgan fingerprint density at radius 1 is 1.09 bits per heavy atom. The number of aliphatic hydroxyl groups is 3. The van der Waals surface area contributed by atoms with E-state index in [2.05, 4.69) is 27.4 Å². The first-order valence-electron chi connectivity index (χ1n) is 14.1. The number of carbonyl (C=O) groups is 1. The van der Waals surface area contributed by atoms with Crippen molar-refractivity contribution < 1.29 is 25.2 Å². The molecule has 5 heteroatoms. The largest absolute Gasteiger partial charge is 0.481 e. The summed E-state index contributed by atoms with van der Waals surface area (Å²) in [7, 11) is 0. The van der Waals surface area contributed by atoms with Gasteiger partial charge < -0.3 is 20.4 Å². The van der Waals surface area contributed by atoms with Crippen LogP contribution in [0, 0.1) is 45.3 Å². The summed E-state index contributed by atoms with van der Waals surface area (Å²) in [6.45, 7) is 15.0. The van der Waals surface area contributed by atoms with Gasteiger partial charge in [-0.25, -0.2) is 0 Å². The third kappa shape index (κ3) is 3.94. The van der Waals surface area contributed by atoms with E-state index < -0.39 is 17.7 Å². The van der Waals surface area contributed by atoms with Gasteiger partial charge in [-0.05, 0) is 129 Å². The number of fused-ring (bicyclic) bond motifs is 2. The number of aliphatic carboxylic acids is 1. The lowest BCUT2D eigenvalue weighted by atomic mass is 9.43. The van der Waals surface area contributed by atoms with E-state index in [1.165, 1.54) is 19.3 Å². The van der Waals surface area contributed by atoms with Crippen molar-refractivity contribution in [3.8, 4) is 0 Å². The zero-order valence-corrected chi connectivity index (χ0v) is 22.8. The molecule has 9 atom stereocenters. The van der Waals surface area contributed by atoms with E-state index >= 15 is 0 Å². The number of carboxylic acids is 1. The van der Waals surface area contributed by atoms with Crippen molar-refractivity contribution in [2.24, 2.45) is 45.3 Å². The SMILES string of the molecule is C=C(CO)C1CCC2[C@]3(CC[C@]4(C)C(C(C)CCC(O)C(C)(C)O)CC[C@@]24C)C[C@]13CCC(=O)O. The van der Waals surface area contributed by atoms with Crippen molar-refractivity contribution >= 4 is 5.97 Å². The Kier molecular flexibility index (Phi) is 6.85. The van der Waals surface area contributed by atoms with Crippen LogP contribution in [0.25, 0.3) is 0 Å². The fraction of sp³-hybridized carbons (Fsp3) is 0.900. The predicted octanol–water partition coefficient (Wildman–Crippen LogP) is 5.57. The van der Waals surface area contributed by atoms with Gasteiger partial charge in [-0.1, -0.05) is 27.4 Å². The highest BCUT2D eigenvalue weighted by atomic mass is 16.4. The van der Waals surface area contributed by atoms with E-state index in [-0.39, 0.29) is 40.6 Å². The molecular formula is C30H50O5. The van der Waals surface area contributed by atoms with E-state index in [0.29, 0.717) is 30.6 Å². The summed E-state index contributed by atoms with van der Waals surface area (Å²) in [6.07, 6.45) is 9.84. The average molecular weight is 491 g/mol. The van der Waals surface area contributed by atoms with Crippen LogP contribution >= 0.6 is 0 Å². The highest BCUT2D eigenvalue weighted by molar-refractivity contribution is 5.67. The van der Waals surface area contributed by atoms with Crippen LogP contribution in [0.4, 0.5) is 0 Å². The lowest BCUT2D eigenvalue weighted by Gasteiger charge is -2.61. The Morgan fingerprint density at radius 2 is 1.77 bits per heavy atom. The molecule has 0 amide bonds. The third-order valence-electron chi connectivity index (χ3n) is 12.4. The summed E-state index contributed by atoms with van der Waals surface area (Å²) in [5.74, 6) is 1.23. The minimum atomic E-state index is -1.06. The van der Waals surface area contributed by atoms with Gasteiger partial charge in [0, 0.05) is 6.42 Å². The molecule has 1 spiro atoms. The minimum Gasteiger partial charge on any atom is -0.481 e. The number of carboxylic acid groups (broad SMARTS) is 1. The number of hydrogen-bond acceptors (Lipinski definition) is 4. The molecule has 200 valence electrons. The van der Waals surface area contributed by atoms with Crippen molar-refractivity contribution in [2.75, 3.05) is 6.61 Å². The molecule has 0 aromatic heterocycles. The monoisotopic (exact) mass is 490 g/mol. The van der Waals surface area contributed by atoms with E-state index in [1.54, 1.807) is 13.8 Å². The second-order valence-electron chi connectivity index (χ2n) is 14.1. The molecule has 4 rings (SSSR count). The second kappa shape index (κ2) is 8.84. The third-order valence-corrected chi connectivity index (χ3v) is 12.4. The van der Waals surface area contributed by atoms with Crippen LogP contribution in [0.2, 0.25) is 0 Å². The summed E-state index contributed by atoms with van der Waals surface area (Å²) in [6, 6.07) is 0. The fourth-order valence-corrected chi connectivity index (χ4v) is 10.2. The summed E-state index contributed by atoms with van der Waals surface area (Å²) >= 11 is 0. The first-order chi connectivity index (χ1) is 16.2. The molecule has 4 aliphatic carbocycles. The summed E-state index contributed by atoms with van der Waals surface area (Å²) in [4.78, 5) is 11.6. The van der Waals surface area contributed by atoms with Crippen molar-refractivity contribution in [3.05, 3.63) is 12.2 Å². The van der Waals surface area contributed by atoms with E-state index in [9.17, 15) is 25.2 Å². The molecule has 4 saturated carbocycles. The fourth-order valence-electron chi connectivity index (χ4n) is 10.2. The molecule has 35 heavy (non-hydrogen) atoms. The zero-order valence-electron chi connectivity index (χ0n) is 22.8. The maximum absolute atomic E-state index is 11.6. The molecule has 0 saturated heterocycles. The maximum atomic E-state index is 11.6. The van der Waals surface area contributed by atoms with Crippen molar-refractivity contribution in [2.45, 2.75) is 117 Å². The summed E-state index contributed by atoms with van der Waals surface area (Å²) in [5, 5.41) is 40.0. The highest BCUT2D eigenvalue weighted by Crippen LogP contribution is 2.87. The predicted molar refractivity (Wildman–Crippen MR) is 138 cm³/mol. The van der Waals surface area contributed by atoms with Gasteiger partial charge in [0.25, 0.3) is 0 Å². The van der Waals surface area contributed by atoms with Gasteiger partial charge in [0.15, 0.2) is 0 Å². The first kappa shape index (κ1) is 27.1. The van der Waals surface area contributed by atoms with Gasteiger partial charge in [-0.3, -0.25) is 4.79 Å². The highest BCUT2D eigenvalue weighted by Gasteiger charge is 2.80. The molecule has 4 fully saturated rings. The van der Waals surface area contributed by atoms with Gasteiger partial charge >= 0.3 is 5.97 Å². The molecule has 5 unspecified atom stereocenters. The summed E-state index contributed by atoms with van der Waals surface area (Å²) < 4.78 is 0. The number of rotatable bonds is 10. The normalized spacial score (nSPS) is 44.1. The van der Waals surface area contributed by atoms with Crippen molar-refractivity contribution in [3.63, 3.8) is 0 Å². The average Bonchev–Trinajstić information content (AvgIpc) is 3.38. The lowest BCUT2D eigenvalue weighted by molar-refractivity contribution is -0.139. The Bertz CT molecular complexity index is 846. The molecule has 0 bridgehead atoms. The molecule has 4 N–H and O–H groups in total. The van der Waals surface area contributed by atoms with E-state index in [1.807, 2.05) is 0 Å². The van der Waals surface area contributed by atoms with Crippen LogP contribution in [-0.4, -0.2) is 44.7 Å². The second-order valence-corrected chi connectivity index (χ2v) is 14.1.